The van der Waals surface area contributed by atoms with Crippen LogP contribution in [0.2, 0.25) is 0 Å². The fraction of sp³-hybridized carbons (Fsp3) is 0.737. The summed E-state index contributed by atoms with van der Waals surface area (Å²) in [6, 6.07) is 4.97. The normalized spacial score (nSPS) is 12.5. The van der Waals surface area contributed by atoms with Crippen LogP contribution < -0.4 is 5.32 Å². The monoisotopic (exact) mass is 290 g/mol. The summed E-state index contributed by atoms with van der Waals surface area (Å²) in [5.41, 5.74) is 1.41. The first-order valence-corrected chi connectivity index (χ1v) is 8.99. The van der Waals surface area contributed by atoms with Crippen molar-refractivity contribution in [2.24, 2.45) is 0 Å². The van der Waals surface area contributed by atoms with Gasteiger partial charge in [-0.15, -0.1) is 0 Å². The van der Waals surface area contributed by atoms with E-state index in [9.17, 15) is 0 Å². The minimum atomic E-state index is 0.685. The Hall–Kier alpha value is -0.890. The standard InChI is InChI=1S/C19H34N2/c1-3-5-6-7-8-9-10-19(21-15-4-2)12-11-18-13-16-20-17-14-18/h13-14,16-17,19,21H,3-12,15H2,1-2H3. The molecule has 0 aromatic carbocycles. The van der Waals surface area contributed by atoms with Crippen molar-refractivity contribution in [2.45, 2.75) is 84.1 Å². The van der Waals surface area contributed by atoms with Gasteiger partial charge in [-0.2, -0.15) is 0 Å². The largest absolute Gasteiger partial charge is 0.314 e. The second-order valence-corrected chi connectivity index (χ2v) is 6.10. The first kappa shape index (κ1) is 18.2. The Balaban J connectivity index is 2.20. The quantitative estimate of drug-likeness (QED) is 0.509. The highest BCUT2D eigenvalue weighted by Crippen LogP contribution is 2.12. The van der Waals surface area contributed by atoms with Gasteiger partial charge in [0.15, 0.2) is 0 Å². The summed E-state index contributed by atoms with van der Waals surface area (Å²) in [5.74, 6) is 0. The maximum absolute atomic E-state index is 4.09. The van der Waals surface area contributed by atoms with Crippen molar-refractivity contribution < 1.29 is 0 Å². The maximum Gasteiger partial charge on any atom is 0.0270 e. The van der Waals surface area contributed by atoms with Gasteiger partial charge in [-0.05, 0) is 49.9 Å². The molecule has 1 aromatic heterocycles. The highest BCUT2D eigenvalue weighted by molar-refractivity contribution is 5.09. The van der Waals surface area contributed by atoms with Crippen molar-refractivity contribution in [2.75, 3.05) is 6.54 Å². The molecule has 120 valence electrons. The average Bonchev–Trinajstić information content (AvgIpc) is 2.53. The van der Waals surface area contributed by atoms with Gasteiger partial charge in [0.05, 0.1) is 0 Å². The van der Waals surface area contributed by atoms with E-state index in [4.69, 9.17) is 0 Å². The smallest absolute Gasteiger partial charge is 0.0270 e. The highest BCUT2D eigenvalue weighted by Gasteiger charge is 2.07. The number of pyridine rings is 1. The van der Waals surface area contributed by atoms with Gasteiger partial charge in [-0.1, -0.05) is 52.4 Å². The molecule has 1 rings (SSSR count). The summed E-state index contributed by atoms with van der Waals surface area (Å²) in [6.45, 7) is 5.68. The zero-order chi connectivity index (χ0) is 15.2. The molecule has 1 aromatic rings. The number of unbranched alkanes of at least 4 members (excludes halogenated alkanes) is 5. The molecule has 0 bridgehead atoms. The van der Waals surface area contributed by atoms with Gasteiger partial charge in [-0.25, -0.2) is 0 Å². The van der Waals surface area contributed by atoms with Gasteiger partial charge >= 0.3 is 0 Å². The number of nitrogens with zero attached hydrogens (tertiary/aromatic N) is 1. The molecule has 0 fully saturated rings. The molecule has 1 unspecified atom stereocenters. The van der Waals surface area contributed by atoms with Crippen LogP contribution >= 0.6 is 0 Å². The molecule has 2 nitrogen and oxygen atoms in total. The molecule has 0 amide bonds. The Kier molecular flexibility index (Phi) is 11.1. The van der Waals surface area contributed by atoms with E-state index in [-0.39, 0.29) is 0 Å². The predicted octanol–water partition coefficient (Wildman–Crippen LogP) is 5.13. The molecule has 1 atom stereocenters. The van der Waals surface area contributed by atoms with Crippen LogP contribution in [-0.2, 0) is 6.42 Å². The average molecular weight is 290 g/mol. The Morgan fingerprint density at radius 2 is 1.62 bits per heavy atom. The minimum absolute atomic E-state index is 0.685. The van der Waals surface area contributed by atoms with E-state index in [1.165, 1.54) is 69.8 Å². The van der Waals surface area contributed by atoms with Crippen LogP contribution in [0.25, 0.3) is 0 Å². The van der Waals surface area contributed by atoms with Gasteiger partial charge < -0.3 is 5.32 Å². The lowest BCUT2D eigenvalue weighted by atomic mass is 10.00. The molecule has 0 aliphatic carbocycles. The van der Waals surface area contributed by atoms with Crippen molar-refractivity contribution in [3.8, 4) is 0 Å². The molecular weight excluding hydrogens is 256 g/mol. The third-order valence-corrected chi connectivity index (χ3v) is 4.12. The molecule has 0 saturated heterocycles. The first-order chi connectivity index (χ1) is 10.4. The Morgan fingerprint density at radius 1 is 0.905 bits per heavy atom. The number of hydrogen-bond donors (Lipinski definition) is 1. The number of rotatable bonds is 13. The van der Waals surface area contributed by atoms with Crippen molar-refractivity contribution in [3.05, 3.63) is 30.1 Å². The Labute approximate surface area is 131 Å². The van der Waals surface area contributed by atoms with Gasteiger partial charge in [0.2, 0.25) is 0 Å². The van der Waals surface area contributed by atoms with Gasteiger partial charge in [0.1, 0.15) is 0 Å². The zero-order valence-electron chi connectivity index (χ0n) is 14.1. The van der Waals surface area contributed by atoms with Crippen molar-refractivity contribution in [3.63, 3.8) is 0 Å². The van der Waals surface area contributed by atoms with Crippen LogP contribution in [0.3, 0.4) is 0 Å². The lowest BCUT2D eigenvalue weighted by molar-refractivity contribution is 0.430. The van der Waals surface area contributed by atoms with Crippen LogP contribution in [0.5, 0.6) is 0 Å². The van der Waals surface area contributed by atoms with Crippen LogP contribution in [0.1, 0.15) is 77.2 Å². The van der Waals surface area contributed by atoms with E-state index in [0.717, 1.165) is 6.54 Å². The topological polar surface area (TPSA) is 24.9 Å². The Bertz CT molecular complexity index is 324. The molecule has 0 aliphatic heterocycles. The fourth-order valence-electron chi connectivity index (χ4n) is 2.76. The molecule has 0 saturated carbocycles. The van der Waals surface area contributed by atoms with Gasteiger partial charge in [0, 0.05) is 18.4 Å². The number of aromatic nitrogens is 1. The molecular formula is C19H34N2. The van der Waals surface area contributed by atoms with Gasteiger partial charge in [0.25, 0.3) is 0 Å². The van der Waals surface area contributed by atoms with Crippen LogP contribution in [0.4, 0.5) is 0 Å². The Morgan fingerprint density at radius 3 is 2.33 bits per heavy atom. The third-order valence-electron chi connectivity index (χ3n) is 4.12. The van der Waals surface area contributed by atoms with E-state index in [2.05, 4.69) is 36.3 Å². The summed E-state index contributed by atoms with van der Waals surface area (Å²) in [7, 11) is 0. The second kappa shape index (κ2) is 12.8. The van der Waals surface area contributed by atoms with Crippen LogP contribution in [0, 0.1) is 0 Å². The molecule has 2 heteroatoms. The zero-order valence-corrected chi connectivity index (χ0v) is 14.1. The van der Waals surface area contributed by atoms with E-state index in [1.54, 1.807) is 0 Å². The molecule has 0 spiro atoms. The third kappa shape index (κ3) is 9.62. The van der Waals surface area contributed by atoms with Crippen molar-refractivity contribution in [1.29, 1.82) is 0 Å². The van der Waals surface area contributed by atoms with Crippen molar-refractivity contribution in [1.82, 2.24) is 10.3 Å². The first-order valence-electron chi connectivity index (χ1n) is 8.99. The lowest BCUT2D eigenvalue weighted by Crippen LogP contribution is -2.30. The van der Waals surface area contributed by atoms with Crippen LogP contribution in [-0.4, -0.2) is 17.6 Å². The SMILES string of the molecule is CCCCCCCCC(CCc1ccncc1)NCCC. The molecule has 21 heavy (non-hydrogen) atoms. The van der Waals surface area contributed by atoms with Gasteiger partial charge in [-0.3, -0.25) is 4.98 Å². The molecule has 0 radical (unpaired) electrons. The number of aryl methyl sites for hydroxylation is 1. The maximum atomic E-state index is 4.09. The highest BCUT2D eigenvalue weighted by atomic mass is 14.9. The molecule has 1 N–H and O–H groups in total. The molecule has 1 heterocycles. The van der Waals surface area contributed by atoms with E-state index in [1.807, 2.05) is 12.4 Å². The summed E-state index contributed by atoms with van der Waals surface area (Å²) in [6.07, 6.45) is 17.1. The summed E-state index contributed by atoms with van der Waals surface area (Å²) < 4.78 is 0. The van der Waals surface area contributed by atoms with Crippen LogP contribution in [0.15, 0.2) is 24.5 Å². The summed E-state index contributed by atoms with van der Waals surface area (Å²) in [4.78, 5) is 4.09. The van der Waals surface area contributed by atoms with E-state index in [0.29, 0.717) is 6.04 Å². The fourth-order valence-corrected chi connectivity index (χ4v) is 2.76. The summed E-state index contributed by atoms with van der Waals surface area (Å²) >= 11 is 0. The van der Waals surface area contributed by atoms with E-state index >= 15 is 0 Å². The second-order valence-electron chi connectivity index (χ2n) is 6.10. The number of nitrogens with one attached hydrogen (secondary N) is 1. The predicted molar refractivity (Wildman–Crippen MR) is 92.6 cm³/mol. The summed E-state index contributed by atoms with van der Waals surface area (Å²) in [5, 5.41) is 3.73. The molecule has 0 aliphatic rings. The lowest BCUT2D eigenvalue weighted by Gasteiger charge is -2.18. The van der Waals surface area contributed by atoms with E-state index < -0.39 is 0 Å². The van der Waals surface area contributed by atoms with Crippen molar-refractivity contribution >= 4 is 0 Å². The minimum Gasteiger partial charge on any atom is -0.314 e. The number of hydrogen-bond acceptors (Lipinski definition) is 2.